The third-order valence-corrected chi connectivity index (χ3v) is 6.52. The van der Waals surface area contributed by atoms with Gasteiger partial charge in [-0.2, -0.15) is 0 Å². The number of fused-ring (bicyclic) bond motifs is 1. The third kappa shape index (κ3) is 4.72. The number of hydrogen-bond acceptors (Lipinski definition) is 4. The summed E-state index contributed by atoms with van der Waals surface area (Å²) in [5, 5.41) is 3.10. The molecule has 0 bridgehead atoms. The molecule has 1 aliphatic carbocycles. The lowest BCUT2D eigenvalue weighted by atomic mass is 9.87. The summed E-state index contributed by atoms with van der Waals surface area (Å²) in [6.45, 7) is 1.82. The van der Waals surface area contributed by atoms with Crippen molar-refractivity contribution in [1.29, 1.82) is 0 Å². The van der Waals surface area contributed by atoms with Crippen molar-refractivity contribution in [2.45, 2.75) is 44.7 Å². The van der Waals surface area contributed by atoms with Gasteiger partial charge in [-0.25, -0.2) is 8.42 Å². The van der Waals surface area contributed by atoms with E-state index in [0.717, 1.165) is 31.1 Å². The third-order valence-electron chi connectivity index (χ3n) is 5.34. The van der Waals surface area contributed by atoms with Crippen molar-refractivity contribution < 1.29 is 17.9 Å². The maximum Gasteiger partial charge on any atom is 0.244 e. The smallest absolute Gasteiger partial charge is 0.244 e. The van der Waals surface area contributed by atoms with Gasteiger partial charge in [0, 0.05) is 0 Å². The van der Waals surface area contributed by atoms with Gasteiger partial charge in [0.2, 0.25) is 15.9 Å². The molecule has 2 atom stereocenters. The van der Waals surface area contributed by atoms with E-state index in [0.29, 0.717) is 17.9 Å². The van der Waals surface area contributed by atoms with Crippen molar-refractivity contribution in [2.75, 3.05) is 17.7 Å². The first-order valence-corrected chi connectivity index (χ1v) is 11.7. The summed E-state index contributed by atoms with van der Waals surface area (Å²) in [5.41, 5.74) is 2.81. The quantitative estimate of drug-likeness (QED) is 0.750. The molecule has 1 N–H and O–H groups in total. The Labute approximate surface area is 172 Å². The van der Waals surface area contributed by atoms with Crippen molar-refractivity contribution >= 4 is 21.6 Å². The molecule has 0 fully saturated rings. The van der Waals surface area contributed by atoms with Crippen LogP contribution in [0.15, 0.2) is 48.5 Å². The Hall–Kier alpha value is -2.54. The Morgan fingerprint density at radius 3 is 2.52 bits per heavy atom. The van der Waals surface area contributed by atoms with Gasteiger partial charge >= 0.3 is 0 Å². The predicted octanol–water partition coefficient (Wildman–Crippen LogP) is 3.43. The predicted molar refractivity (Wildman–Crippen MR) is 115 cm³/mol. The van der Waals surface area contributed by atoms with Gasteiger partial charge < -0.3 is 10.1 Å². The Morgan fingerprint density at radius 1 is 1.21 bits per heavy atom. The number of nitrogens with zero attached hydrogens (tertiary/aromatic N) is 1. The van der Waals surface area contributed by atoms with E-state index in [1.807, 2.05) is 25.1 Å². The van der Waals surface area contributed by atoms with E-state index in [4.69, 9.17) is 4.74 Å². The van der Waals surface area contributed by atoms with Crippen LogP contribution in [0.5, 0.6) is 5.75 Å². The summed E-state index contributed by atoms with van der Waals surface area (Å²) in [7, 11) is -2.11. The van der Waals surface area contributed by atoms with Crippen molar-refractivity contribution in [2.24, 2.45) is 0 Å². The molecule has 0 radical (unpaired) electrons. The summed E-state index contributed by atoms with van der Waals surface area (Å²) in [5.74, 6) is 0.342. The zero-order valence-electron chi connectivity index (χ0n) is 17.1. The molecule has 2 aromatic rings. The number of aryl methyl sites for hydroxylation is 1. The average molecular weight is 417 g/mol. The van der Waals surface area contributed by atoms with E-state index in [9.17, 15) is 13.2 Å². The number of carbonyl (C=O) groups excluding carboxylic acids is 1. The monoisotopic (exact) mass is 416 g/mol. The van der Waals surface area contributed by atoms with Crippen LogP contribution in [0, 0.1) is 0 Å². The van der Waals surface area contributed by atoms with E-state index in [1.54, 1.807) is 31.4 Å². The molecule has 0 aromatic heterocycles. The van der Waals surface area contributed by atoms with Gasteiger partial charge in [0.05, 0.1) is 25.1 Å². The minimum atomic E-state index is -3.66. The summed E-state index contributed by atoms with van der Waals surface area (Å²) < 4.78 is 31.6. The normalized spacial score (nSPS) is 17.1. The number of methoxy groups -OCH3 is 1. The zero-order chi connectivity index (χ0) is 21.0. The highest BCUT2D eigenvalue weighted by molar-refractivity contribution is 7.92. The van der Waals surface area contributed by atoms with Gasteiger partial charge in [-0.05, 0) is 61.1 Å². The fourth-order valence-electron chi connectivity index (χ4n) is 3.96. The minimum absolute atomic E-state index is 0.0984. The van der Waals surface area contributed by atoms with Gasteiger partial charge in [0.1, 0.15) is 11.8 Å². The number of sulfonamides is 1. The number of hydrogen-bond donors (Lipinski definition) is 1. The van der Waals surface area contributed by atoms with Crippen LogP contribution in [0.3, 0.4) is 0 Å². The number of carbonyl (C=O) groups is 1. The Bertz CT molecular complexity index is 957. The summed E-state index contributed by atoms with van der Waals surface area (Å²) >= 11 is 0. The van der Waals surface area contributed by atoms with E-state index < -0.39 is 16.1 Å². The molecule has 1 amide bonds. The van der Waals surface area contributed by atoms with Gasteiger partial charge in [-0.15, -0.1) is 0 Å². The number of nitrogens with one attached hydrogen (secondary N) is 1. The molecule has 0 heterocycles. The Kier molecular flexibility index (Phi) is 6.47. The van der Waals surface area contributed by atoms with Crippen molar-refractivity contribution in [1.82, 2.24) is 5.32 Å². The zero-order valence-corrected chi connectivity index (χ0v) is 17.9. The fraction of sp³-hybridized carbons (Fsp3) is 0.409. The molecule has 3 rings (SSSR count). The van der Waals surface area contributed by atoms with Crippen LogP contribution < -0.4 is 14.4 Å². The molecule has 1 aliphatic rings. The second kappa shape index (κ2) is 8.86. The highest BCUT2D eigenvalue weighted by Crippen LogP contribution is 2.30. The highest BCUT2D eigenvalue weighted by atomic mass is 32.2. The van der Waals surface area contributed by atoms with Crippen LogP contribution in [0.4, 0.5) is 5.69 Å². The molecule has 0 saturated heterocycles. The Morgan fingerprint density at radius 2 is 1.90 bits per heavy atom. The lowest BCUT2D eigenvalue weighted by molar-refractivity contribution is -0.123. The molecule has 6 nitrogen and oxygen atoms in total. The highest BCUT2D eigenvalue weighted by Gasteiger charge is 2.33. The van der Waals surface area contributed by atoms with Gasteiger partial charge in [-0.3, -0.25) is 9.10 Å². The van der Waals surface area contributed by atoms with E-state index in [2.05, 4.69) is 11.4 Å². The molecule has 0 spiro atoms. The fourth-order valence-corrected chi connectivity index (χ4v) is 5.17. The van der Waals surface area contributed by atoms with Crippen molar-refractivity contribution in [3.63, 3.8) is 0 Å². The maximum absolute atomic E-state index is 13.2. The van der Waals surface area contributed by atoms with E-state index in [1.165, 1.54) is 9.87 Å². The van der Waals surface area contributed by atoms with Crippen LogP contribution in [0.1, 0.15) is 43.4 Å². The standard InChI is InChI=1S/C22H28N2O4S/c1-4-21(24(29(3,26)27)17-12-14-18(28-2)15-13-17)22(25)23-20-11-7-9-16-8-5-6-10-19(16)20/h5-6,8,10,12-15,20-21H,4,7,9,11H2,1-3H3,(H,23,25)/t20-,21+/m1/s1. The molecule has 0 saturated carbocycles. The molecule has 29 heavy (non-hydrogen) atoms. The van der Waals surface area contributed by atoms with Crippen LogP contribution >= 0.6 is 0 Å². The molecular weight excluding hydrogens is 388 g/mol. The first kappa shape index (κ1) is 21.2. The van der Waals surface area contributed by atoms with Crippen LogP contribution in [0.25, 0.3) is 0 Å². The maximum atomic E-state index is 13.2. The average Bonchev–Trinajstić information content (AvgIpc) is 2.71. The largest absolute Gasteiger partial charge is 0.497 e. The SMILES string of the molecule is CC[C@@H](C(=O)N[C@@H]1CCCc2ccccc21)N(c1ccc(OC)cc1)S(C)(=O)=O. The molecular formula is C22H28N2O4S. The summed E-state index contributed by atoms with van der Waals surface area (Å²) in [6, 6.07) is 13.9. The molecule has 7 heteroatoms. The van der Waals surface area contributed by atoms with Crippen molar-refractivity contribution in [3.8, 4) is 5.75 Å². The summed E-state index contributed by atoms with van der Waals surface area (Å²) in [6.07, 6.45) is 4.33. The van der Waals surface area contributed by atoms with E-state index >= 15 is 0 Å². The molecule has 0 aliphatic heterocycles. The first-order chi connectivity index (χ1) is 13.8. The second-order valence-corrected chi connectivity index (χ2v) is 9.19. The van der Waals surface area contributed by atoms with Gasteiger partial charge in [-0.1, -0.05) is 31.2 Å². The Balaban J connectivity index is 1.88. The van der Waals surface area contributed by atoms with Crippen LogP contribution in [-0.2, 0) is 21.2 Å². The summed E-state index contributed by atoms with van der Waals surface area (Å²) in [4.78, 5) is 13.2. The minimum Gasteiger partial charge on any atom is -0.497 e. The van der Waals surface area contributed by atoms with E-state index in [-0.39, 0.29) is 11.9 Å². The number of amides is 1. The topological polar surface area (TPSA) is 75.7 Å². The molecule has 0 unspecified atom stereocenters. The lowest BCUT2D eigenvalue weighted by Crippen LogP contribution is -2.50. The van der Waals surface area contributed by atoms with Gasteiger partial charge in [0.25, 0.3) is 0 Å². The van der Waals surface area contributed by atoms with Crippen LogP contribution in [-0.4, -0.2) is 33.7 Å². The first-order valence-electron chi connectivity index (χ1n) is 9.86. The van der Waals surface area contributed by atoms with Gasteiger partial charge in [0.15, 0.2) is 0 Å². The second-order valence-electron chi connectivity index (χ2n) is 7.33. The van der Waals surface area contributed by atoms with Crippen molar-refractivity contribution in [3.05, 3.63) is 59.7 Å². The number of ether oxygens (including phenoxy) is 1. The molecule has 156 valence electrons. The number of anilines is 1. The molecule has 2 aromatic carbocycles. The lowest BCUT2D eigenvalue weighted by Gasteiger charge is -2.33. The number of benzene rings is 2. The van der Waals surface area contributed by atoms with Crippen LogP contribution in [0.2, 0.25) is 0 Å². The number of rotatable bonds is 7.